The number of fused-ring (bicyclic) bond motifs is 4. The van der Waals surface area contributed by atoms with Gasteiger partial charge in [0.05, 0.1) is 34.1 Å². The van der Waals surface area contributed by atoms with Crippen LogP contribution in [-0.2, 0) is 22.9 Å². The molecule has 5 N–H and O–H groups in total. The summed E-state index contributed by atoms with van der Waals surface area (Å²) in [5.74, 6) is 1.72. The maximum atomic E-state index is 12.3. The number of sulfonamides is 1. The summed E-state index contributed by atoms with van der Waals surface area (Å²) in [7, 11) is -3.29. The lowest BCUT2D eigenvalue weighted by Crippen LogP contribution is -2.17. The van der Waals surface area contributed by atoms with Crippen molar-refractivity contribution in [3.05, 3.63) is 131 Å². The van der Waals surface area contributed by atoms with Gasteiger partial charge in [-0.3, -0.25) is 4.72 Å². The highest BCUT2D eigenvalue weighted by Gasteiger charge is 2.36. The highest BCUT2D eigenvalue weighted by molar-refractivity contribution is 7.93. The molecular weight excluding hydrogens is 617 g/mol. The van der Waals surface area contributed by atoms with Crippen molar-refractivity contribution < 1.29 is 8.42 Å². The van der Waals surface area contributed by atoms with Gasteiger partial charge in [0.1, 0.15) is 11.6 Å². The number of nitrogens with two attached hydrogens (primary N) is 1. The molecule has 0 aliphatic heterocycles. The standard InChI is InChI=1S/C21H21N3O2S.C18H17N3/c25-27(26,15-9-10-15)24-20-7-3-6-18-17(20)11-13-21(22-18)23-19-12-8-14-4-1-2-5-16(14)19;19-15-6-3-7-16-14(15)9-11-18(20-16)21-17-10-8-12-4-1-2-5-13(12)17/h1-7,11,13,15,19,24H,8-10,12H2,(H,22,23);1-7,9,11,17H,8,10,19H2,(H,20,21)/t19-;17-/m11/s1. The van der Waals surface area contributed by atoms with Gasteiger partial charge in [-0.2, -0.15) is 0 Å². The van der Waals surface area contributed by atoms with E-state index in [9.17, 15) is 8.42 Å². The number of hydrogen-bond donors (Lipinski definition) is 4. The van der Waals surface area contributed by atoms with Crippen LogP contribution < -0.4 is 21.1 Å². The van der Waals surface area contributed by atoms with Gasteiger partial charge in [-0.1, -0.05) is 60.7 Å². The fourth-order valence-corrected chi connectivity index (χ4v) is 8.38. The van der Waals surface area contributed by atoms with Crippen molar-refractivity contribution in [3.8, 4) is 0 Å². The van der Waals surface area contributed by atoms with Crippen LogP contribution in [-0.4, -0.2) is 23.6 Å². The Balaban J connectivity index is 0.000000145. The summed E-state index contributed by atoms with van der Waals surface area (Å²) in [6.07, 6.45) is 5.88. The number of nitrogens with zero attached hydrogens (tertiary/aromatic N) is 2. The number of rotatable bonds is 7. The molecule has 4 aromatic carbocycles. The average Bonchev–Trinajstić information content (AvgIpc) is 3.80. The van der Waals surface area contributed by atoms with Crippen molar-refractivity contribution >= 4 is 54.8 Å². The molecule has 8 nitrogen and oxygen atoms in total. The Bertz CT molecular complexity index is 2250. The molecule has 1 fully saturated rings. The van der Waals surface area contributed by atoms with E-state index in [0.717, 1.165) is 77.7 Å². The average molecular weight is 655 g/mol. The predicted molar refractivity (Wildman–Crippen MR) is 196 cm³/mol. The van der Waals surface area contributed by atoms with E-state index in [0.29, 0.717) is 11.7 Å². The van der Waals surface area contributed by atoms with Crippen LogP contribution in [0, 0.1) is 0 Å². The van der Waals surface area contributed by atoms with E-state index >= 15 is 0 Å². The summed E-state index contributed by atoms with van der Waals surface area (Å²) in [6, 6.07) is 37.1. The number of aromatic nitrogens is 2. The van der Waals surface area contributed by atoms with Gasteiger partial charge in [-0.15, -0.1) is 0 Å². The van der Waals surface area contributed by atoms with E-state index in [1.54, 1.807) is 6.07 Å². The van der Waals surface area contributed by atoms with Gasteiger partial charge in [0, 0.05) is 16.5 Å². The van der Waals surface area contributed by atoms with Gasteiger partial charge < -0.3 is 16.4 Å². The maximum absolute atomic E-state index is 12.3. The van der Waals surface area contributed by atoms with Crippen molar-refractivity contribution in [2.24, 2.45) is 0 Å². The molecule has 3 aliphatic carbocycles. The minimum absolute atomic E-state index is 0.246. The summed E-state index contributed by atoms with van der Waals surface area (Å²) in [5, 5.41) is 8.67. The van der Waals surface area contributed by atoms with Gasteiger partial charge >= 0.3 is 0 Å². The third-order valence-corrected chi connectivity index (χ3v) is 11.5. The largest absolute Gasteiger partial charge is 0.398 e. The van der Waals surface area contributed by atoms with E-state index in [2.05, 4.69) is 68.9 Å². The van der Waals surface area contributed by atoms with Crippen LogP contribution in [0.5, 0.6) is 0 Å². The normalized spacial score (nSPS) is 18.1. The van der Waals surface area contributed by atoms with Crippen LogP contribution in [0.2, 0.25) is 0 Å². The van der Waals surface area contributed by atoms with Gasteiger partial charge in [0.15, 0.2) is 0 Å². The third kappa shape index (κ3) is 6.13. The van der Waals surface area contributed by atoms with Gasteiger partial charge in [0.25, 0.3) is 0 Å². The molecule has 6 aromatic rings. The van der Waals surface area contributed by atoms with E-state index in [1.807, 2.05) is 54.6 Å². The van der Waals surface area contributed by atoms with Crippen LogP contribution >= 0.6 is 0 Å². The Labute approximate surface area is 280 Å². The van der Waals surface area contributed by atoms with Crippen LogP contribution in [0.25, 0.3) is 21.8 Å². The second-order valence-electron chi connectivity index (χ2n) is 12.9. The molecule has 9 heteroatoms. The Morgan fingerprint density at radius 1 is 0.583 bits per heavy atom. The molecule has 0 amide bonds. The molecule has 0 spiro atoms. The number of anilines is 4. The molecule has 2 atom stereocenters. The predicted octanol–water partition coefficient (Wildman–Crippen LogP) is 8.15. The van der Waals surface area contributed by atoms with E-state index in [1.165, 1.54) is 22.3 Å². The number of pyridine rings is 2. The molecule has 1 saturated carbocycles. The van der Waals surface area contributed by atoms with Crippen LogP contribution in [0.3, 0.4) is 0 Å². The fraction of sp³-hybridized carbons (Fsp3) is 0.231. The van der Waals surface area contributed by atoms with Crippen molar-refractivity contribution in [2.75, 3.05) is 21.1 Å². The summed E-state index contributed by atoms with van der Waals surface area (Å²) < 4.78 is 27.3. The summed E-state index contributed by atoms with van der Waals surface area (Å²) in [5.41, 5.74) is 14.6. The van der Waals surface area contributed by atoms with Gasteiger partial charge in [-0.25, -0.2) is 18.4 Å². The highest BCUT2D eigenvalue weighted by Crippen LogP contribution is 2.36. The SMILES string of the molecule is Nc1cccc2nc(N[C@@H]3CCc4ccccc43)ccc12.O=S(=O)(Nc1cccc2nc(N[C@@H]3CCc4ccccc43)ccc12)C1CC1. The zero-order chi connectivity index (χ0) is 32.7. The molecule has 0 saturated heterocycles. The van der Waals surface area contributed by atoms with Gasteiger partial charge in [-0.05, 0) is 109 Å². The maximum Gasteiger partial charge on any atom is 0.235 e. The first-order valence-corrected chi connectivity index (χ1v) is 18.2. The Morgan fingerprint density at radius 2 is 1.12 bits per heavy atom. The lowest BCUT2D eigenvalue weighted by atomic mass is 10.1. The summed E-state index contributed by atoms with van der Waals surface area (Å²) in [4.78, 5) is 9.40. The molecule has 48 heavy (non-hydrogen) atoms. The van der Waals surface area contributed by atoms with Crippen molar-refractivity contribution in [3.63, 3.8) is 0 Å². The Kier molecular flexibility index (Phi) is 7.84. The molecule has 0 bridgehead atoms. The monoisotopic (exact) mass is 654 g/mol. The smallest absolute Gasteiger partial charge is 0.235 e. The van der Waals surface area contributed by atoms with Crippen molar-refractivity contribution in [1.82, 2.24) is 9.97 Å². The van der Waals surface area contributed by atoms with Crippen LogP contribution in [0.1, 0.15) is 60.0 Å². The molecule has 9 rings (SSSR count). The van der Waals surface area contributed by atoms with Gasteiger partial charge in [0.2, 0.25) is 10.0 Å². The highest BCUT2D eigenvalue weighted by atomic mass is 32.2. The first kappa shape index (κ1) is 30.2. The van der Waals surface area contributed by atoms with E-state index < -0.39 is 10.0 Å². The molecule has 0 unspecified atom stereocenters. The number of nitrogens with one attached hydrogen (secondary N) is 3. The quantitative estimate of drug-likeness (QED) is 0.128. The van der Waals surface area contributed by atoms with E-state index in [4.69, 9.17) is 10.7 Å². The molecular formula is C39H38N6O2S. The zero-order valence-electron chi connectivity index (χ0n) is 26.6. The number of hydrogen-bond acceptors (Lipinski definition) is 7. The number of aryl methyl sites for hydroxylation is 2. The first-order chi connectivity index (χ1) is 23.4. The minimum Gasteiger partial charge on any atom is -0.398 e. The fourth-order valence-electron chi connectivity index (χ4n) is 6.97. The second kappa shape index (κ2) is 12.5. The molecule has 242 valence electrons. The Morgan fingerprint density at radius 3 is 1.73 bits per heavy atom. The molecule has 3 aliphatic rings. The minimum atomic E-state index is -3.29. The lowest BCUT2D eigenvalue weighted by molar-refractivity contribution is 0.600. The third-order valence-electron chi connectivity index (χ3n) is 9.62. The summed E-state index contributed by atoms with van der Waals surface area (Å²) in [6.45, 7) is 0. The zero-order valence-corrected chi connectivity index (χ0v) is 27.4. The Hall–Kier alpha value is -5.15. The summed E-state index contributed by atoms with van der Waals surface area (Å²) >= 11 is 0. The molecule has 2 aromatic heterocycles. The van der Waals surface area contributed by atoms with Crippen LogP contribution in [0.4, 0.5) is 23.0 Å². The molecule has 2 heterocycles. The lowest BCUT2D eigenvalue weighted by Gasteiger charge is -2.16. The van der Waals surface area contributed by atoms with Crippen molar-refractivity contribution in [2.45, 2.75) is 55.9 Å². The van der Waals surface area contributed by atoms with Crippen LogP contribution in [0.15, 0.2) is 109 Å². The number of nitrogen functional groups attached to an aromatic ring is 1. The number of benzene rings is 4. The van der Waals surface area contributed by atoms with E-state index in [-0.39, 0.29) is 11.3 Å². The molecule has 0 radical (unpaired) electrons. The second-order valence-corrected chi connectivity index (χ2v) is 14.9. The first-order valence-electron chi connectivity index (χ1n) is 16.7. The topological polar surface area (TPSA) is 122 Å². The van der Waals surface area contributed by atoms with Crippen molar-refractivity contribution in [1.29, 1.82) is 0 Å².